The first-order valence-corrected chi connectivity index (χ1v) is 14.0. The second-order valence-corrected chi connectivity index (χ2v) is 12.3. The summed E-state index contributed by atoms with van der Waals surface area (Å²) in [6.07, 6.45) is 3.70. The highest BCUT2D eigenvalue weighted by Crippen LogP contribution is 2.41. The van der Waals surface area contributed by atoms with Crippen LogP contribution in [0.4, 0.5) is 0 Å². The maximum atomic E-state index is 13.3. The number of benzene rings is 2. The summed E-state index contributed by atoms with van der Waals surface area (Å²) in [5, 5.41) is 3.27. The van der Waals surface area contributed by atoms with Crippen LogP contribution in [0.5, 0.6) is 11.5 Å². The number of nitrogens with zero attached hydrogens (tertiary/aromatic N) is 1. The molecule has 0 radical (unpaired) electrons. The van der Waals surface area contributed by atoms with E-state index in [1.807, 2.05) is 6.07 Å². The van der Waals surface area contributed by atoms with Crippen molar-refractivity contribution in [3.8, 4) is 11.5 Å². The molecule has 0 spiro atoms. The lowest BCUT2D eigenvalue weighted by Crippen LogP contribution is -2.44. The molecule has 188 valence electrons. The normalized spacial score (nSPS) is 22.6. The van der Waals surface area contributed by atoms with Crippen molar-refractivity contribution in [2.45, 2.75) is 62.3 Å². The second kappa shape index (κ2) is 9.47. The Labute approximate surface area is 207 Å². The van der Waals surface area contributed by atoms with Gasteiger partial charge in [0.25, 0.3) is 0 Å². The van der Waals surface area contributed by atoms with E-state index in [-0.39, 0.29) is 28.2 Å². The molecule has 1 unspecified atom stereocenters. The number of hydrogen-bond donors (Lipinski definition) is 1. The van der Waals surface area contributed by atoms with Crippen LogP contribution in [-0.4, -0.2) is 44.9 Å². The predicted molar refractivity (Wildman–Crippen MR) is 133 cm³/mol. The fraction of sp³-hybridized carbons (Fsp3) is 0.519. The van der Waals surface area contributed by atoms with E-state index in [4.69, 9.17) is 9.47 Å². The van der Waals surface area contributed by atoms with Crippen molar-refractivity contribution in [2.24, 2.45) is 5.92 Å². The molecule has 3 aliphatic rings. The number of carbonyl (C=O) groups is 1. The molecule has 7 nitrogen and oxygen atoms in total. The summed E-state index contributed by atoms with van der Waals surface area (Å²) >= 11 is 0. The van der Waals surface area contributed by atoms with Crippen LogP contribution >= 0.6 is 0 Å². The Morgan fingerprint density at radius 1 is 1.00 bits per heavy atom. The standard InChI is InChI=1S/C27H34N2O5S/c1-27(2)13-10-23(21-6-3-4-7-22(21)27)28-26(30)19-11-14-29(15-12-19)35(31,32)20-8-9-24-25(18-20)34-17-5-16-33-24/h3-4,6-9,18-19,23H,5,10-17H2,1-2H3,(H,28,30). The van der Waals surface area contributed by atoms with Crippen LogP contribution in [0.2, 0.25) is 0 Å². The lowest BCUT2D eigenvalue weighted by molar-refractivity contribution is -0.127. The molecular formula is C27H34N2O5S. The van der Waals surface area contributed by atoms with E-state index in [0.717, 1.165) is 19.3 Å². The molecule has 2 heterocycles. The minimum atomic E-state index is -3.67. The lowest BCUT2D eigenvalue weighted by Gasteiger charge is -2.38. The molecule has 2 aromatic rings. The second-order valence-electron chi connectivity index (χ2n) is 10.4. The quantitative estimate of drug-likeness (QED) is 0.684. The van der Waals surface area contributed by atoms with Crippen LogP contribution in [0.3, 0.4) is 0 Å². The van der Waals surface area contributed by atoms with Crippen LogP contribution in [0.15, 0.2) is 47.4 Å². The lowest BCUT2D eigenvalue weighted by atomic mass is 9.71. The van der Waals surface area contributed by atoms with Crippen molar-refractivity contribution in [1.82, 2.24) is 9.62 Å². The number of rotatable bonds is 4. The summed E-state index contributed by atoms with van der Waals surface area (Å²) in [6.45, 7) is 6.21. The molecule has 0 bridgehead atoms. The third kappa shape index (κ3) is 4.78. The third-order valence-corrected chi connectivity index (χ3v) is 9.52. The van der Waals surface area contributed by atoms with Gasteiger partial charge in [-0.05, 0) is 54.4 Å². The highest BCUT2D eigenvalue weighted by molar-refractivity contribution is 7.89. The van der Waals surface area contributed by atoms with Crippen molar-refractivity contribution < 1.29 is 22.7 Å². The Bertz CT molecular complexity index is 1200. The number of carbonyl (C=O) groups excluding carboxylic acids is 1. The van der Waals surface area contributed by atoms with Gasteiger partial charge in [-0.15, -0.1) is 0 Å². The van der Waals surface area contributed by atoms with E-state index in [9.17, 15) is 13.2 Å². The van der Waals surface area contributed by atoms with Crippen molar-refractivity contribution in [3.05, 3.63) is 53.6 Å². The SMILES string of the molecule is CC1(C)CCC(NC(=O)C2CCN(S(=O)(=O)c3ccc4c(c3)OCCCO4)CC2)c2ccccc21. The molecule has 8 heteroatoms. The number of sulfonamides is 1. The summed E-state index contributed by atoms with van der Waals surface area (Å²) in [4.78, 5) is 13.3. The average Bonchev–Trinajstić information content (AvgIpc) is 3.11. The number of fused-ring (bicyclic) bond motifs is 2. The fourth-order valence-corrected chi connectivity index (χ4v) is 6.95. The number of amides is 1. The van der Waals surface area contributed by atoms with Gasteiger partial charge in [-0.3, -0.25) is 4.79 Å². The van der Waals surface area contributed by atoms with Crippen molar-refractivity contribution >= 4 is 15.9 Å². The molecule has 1 fully saturated rings. The number of hydrogen-bond acceptors (Lipinski definition) is 5. The van der Waals surface area contributed by atoms with Crippen LogP contribution < -0.4 is 14.8 Å². The van der Waals surface area contributed by atoms with Crippen molar-refractivity contribution in [3.63, 3.8) is 0 Å². The molecule has 2 aliphatic heterocycles. The molecule has 1 amide bonds. The Morgan fingerprint density at radius 3 is 2.49 bits per heavy atom. The van der Waals surface area contributed by atoms with Gasteiger partial charge in [-0.25, -0.2) is 8.42 Å². The first kappa shape index (κ1) is 24.1. The molecule has 35 heavy (non-hydrogen) atoms. The van der Waals surface area contributed by atoms with Gasteiger partial charge in [0, 0.05) is 31.5 Å². The highest BCUT2D eigenvalue weighted by Gasteiger charge is 2.36. The minimum absolute atomic E-state index is 0.00952. The van der Waals surface area contributed by atoms with E-state index in [1.54, 1.807) is 18.2 Å². The Kier molecular flexibility index (Phi) is 6.53. The smallest absolute Gasteiger partial charge is 0.243 e. The molecular weight excluding hydrogens is 464 g/mol. The maximum Gasteiger partial charge on any atom is 0.243 e. The average molecular weight is 499 g/mol. The van der Waals surface area contributed by atoms with E-state index >= 15 is 0 Å². The molecule has 1 atom stereocenters. The maximum absolute atomic E-state index is 13.3. The van der Waals surface area contributed by atoms with Gasteiger partial charge in [-0.2, -0.15) is 4.31 Å². The topological polar surface area (TPSA) is 84.9 Å². The monoisotopic (exact) mass is 498 g/mol. The van der Waals surface area contributed by atoms with E-state index in [1.165, 1.54) is 15.4 Å². The summed E-state index contributed by atoms with van der Waals surface area (Å²) in [5.74, 6) is 0.878. The zero-order chi connectivity index (χ0) is 24.6. The summed E-state index contributed by atoms with van der Waals surface area (Å²) in [5.41, 5.74) is 2.60. The van der Waals surface area contributed by atoms with E-state index < -0.39 is 10.0 Å². The first-order valence-electron chi connectivity index (χ1n) is 12.6. The number of piperidine rings is 1. The Balaban J connectivity index is 1.23. The van der Waals surface area contributed by atoms with Crippen LogP contribution in [0.1, 0.15) is 63.1 Å². The zero-order valence-electron chi connectivity index (χ0n) is 20.5. The molecule has 0 aromatic heterocycles. The van der Waals surface area contributed by atoms with Gasteiger partial charge >= 0.3 is 0 Å². The van der Waals surface area contributed by atoms with Gasteiger partial charge in [0.15, 0.2) is 11.5 Å². The van der Waals surface area contributed by atoms with Gasteiger partial charge in [0.2, 0.25) is 15.9 Å². The van der Waals surface area contributed by atoms with Gasteiger partial charge < -0.3 is 14.8 Å². The Morgan fingerprint density at radius 2 is 1.71 bits per heavy atom. The molecule has 1 N–H and O–H groups in total. The number of ether oxygens (including phenoxy) is 2. The fourth-order valence-electron chi connectivity index (χ4n) is 5.46. The van der Waals surface area contributed by atoms with Gasteiger partial charge in [-0.1, -0.05) is 38.1 Å². The van der Waals surface area contributed by atoms with Crippen LogP contribution in [0.25, 0.3) is 0 Å². The summed E-state index contributed by atoms with van der Waals surface area (Å²) in [6, 6.07) is 13.2. The molecule has 5 rings (SSSR count). The van der Waals surface area contributed by atoms with E-state index in [2.05, 4.69) is 37.4 Å². The third-order valence-electron chi connectivity index (χ3n) is 7.62. The van der Waals surface area contributed by atoms with Gasteiger partial charge in [0.05, 0.1) is 24.2 Å². The molecule has 2 aromatic carbocycles. The summed E-state index contributed by atoms with van der Waals surface area (Å²) in [7, 11) is -3.67. The molecule has 1 saturated heterocycles. The van der Waals surface area contributed by atoms with E-state index in [0.29, 0.717) is 50.6 Å². The van der Waals surface area contributed by atoms with Crippen LogP contribution in [0, 0.1) is 5.92 Å². The van der Waals surface area contributed by atoms with Crippen LogP contribution in [-0.2, 0) is 20.2 Å². The molecule has 0 saturated carbocycles. The zero-order valence-corrected chi connectivity index (χ0v) is 21.3. The summed E-state index contributed by atoms with van der Waals surface area (Å²) < 4.78 is 39.3. The number of nitrogens with one attached hydrogen (secondary N) is 1. The Hall–Kier alpha value is -2.58. The largest absolute Gasteiger partial charge is 0.490 e. The van der Waals surface area contributed by atoms with Crippen molar-refractivity contribution in [2.75, 3.05) is 26.3 Å². The van der Waals surface area contributed by atoms with Gasteiger partial charge in [0.1, 0.15) is 0 Å². The molecule has 1 aliphatic carbocycles. The predicted octanol–water partition coefficient (Wildman–Crippen LogP) is 4.18. The minimum Gasteiger partial charge on any atom is -0.490 e. The highest BCUT2D eigenvalue weighted by atomic mass is 32.2. The first-order chi connectivity index (χ1) is 16.8. The van der Waals surface area contributed by atoms with Crippen molar-refractivity contribution in [1.29, 1.82) is 0 Å².